The predicted octanol–water partition coefficient (Wildman–Crippen LogP) is 0.848. The fourth-order valence-corrected chi connectivity index (χ4v) is 0.886. The van der Waals surface area contributed by atoms with Crippen molar-refractivity contribution < 1.29 is 0 Å². The maximum absolute atomic E-state index is 5.50. The van der Waals surface area contributed by atoms with Crippen LogP contribution in [0.2, 0.25) is 0 Å². The van der Waals surface area contributed by atoms with Gasteiger partial charge >= 0.3 is 0 Å². The highest BCUT2D eigenvalue weighted by Gasteiger charge is 1.99. The van der Waals surface area contributed by atoms with Gasteiger partial charge in [0.15, 0.2) is 5.82 Å². The summed E-state index contributed by atoms with van der Waals surface area (Å²) in [4.78, 5) is 0. The van der Waals surface area contributed by atoms with Gasteiger partial charge < -0.3 is 11.5 Å². The van der Waals surface area contributed by atoms with E-state index in [0.29, 0.717) is 11.5 Å². The Bertz CT molecular complexity index is 209. The van der Waals surface area contributed by atoms with Crippen molar-refractivity contribution in [1.82, 2.24) is 9.78 Å². The van der Waals surface area contributed by atoms with Crippen LogP contribution in [0, 0.1) is 0 Å². The van der Waals surface area contributed by atoms with Gasteiger partial charge in [0.2, 0.25) is 0 Å². The molecule has 0 saturated carbocycles. The number of hydrogen-bond donors (Lipinski definition) is 2. The molecule has 1 aromatic rings. The van der Waals surface area contributed by atoms with Gasteiger partial charge in [0.25, 0.3) is 0 Å². The van der Waals surface area contributed by atoms with Gasteiger partial charge in [0.1, 0.15) is 0 Å². The third-order valence-corrected chi connectivity index (χ3v) is 1.56. The van der Waals surface area contributed by atoms with Crippen LogP contribution in [0.5, 0.6) is 0 Å². The van der Waals surface area contributed by atoms with Gasteiger partial charge in [0, 0.05) is 6.54 Å². The molecule has 0 aliphatic carbocycles. The number of nitrogen functional groups attached to an aromatic ring is 2. The molecule has 0 amide bonds. The number of aryl methyl sites for hydroxylation is 1. The molecule has 4 nitrogen and oxygen atoms in total. The average Bonchev–Trinajstić information content (AvgIpc) is 2.28. The Kier molecular flexibility index (Phi) is 2.36. The molecular formula is C7H14N4. The number of aromatic nitrogens is 2. The third-order valence-electron chi connectivity index (χ3n) is 1.56. The van der Waals surface area contributed by atoms with Gasteiger partial charge in [-0.2, -0.15) is 5.10 Å². The minimum Gasteiger partial charge on any atom is -0.394 e. The molecule has 0 radical (unpaired) electrons. The smallest absolute Gasteiger partial charge is 0.168 e. The molecule has 0 spiro atoms. The molecule has 62 valence electrons. The molecule has 1 heterocycles. The zero-order valence-electron chi connectivity index (χ0n) is 6.75. The molecule has 0 unspecified atom stereocenters. The number of unbranched alkanes of at least 4 members (excludes halogenated alkanes) is 1. The molecular weight excluding hydrogens is 140 g/mol. The maximum atomic E-state index is 5.50. The van der Waals surface area contributed by atoms with E-state index in [1.165, 1.54) is 0 Å². The minimum absolute atomic E-state index is 0.432. The number of hydrogen-bond acceptors (Lipinski definition) is 3. The van der Waals surface area contributed by atoms with E-state index in [4.69, 9.17) is 11.5 Å². The zero-order chi connectivity index (χ0) is 8.27. The van der Waals surface area contributed by atoms with Crippen LogP contribution < -0.4 is 11.5 Å². The summed E-state index contributed by atoms with van der Waals surface area (Å²) < 4.78 is 1.79. The van der Waals surface area contributed by atoms with Gasteiger partial charge in [-0.15, -0.1) is 0 Å². The van der Waals surface area contributed by atoms with Crippen LogP contribution in [-0.4, -0.2) is 9.78 Å². The van der Waals surface area contributed by atoms with E-state index in [1.807, 2.05) is 0 Å². The summed E-state index contributed by atoms with van der Waals surface area (Å²) >= 11 is 0. The SMILES string of the molecule is CCCCn1cc(N)c(N)n1. The molecule has 0 fully saturated rings. The van der Waals surface area contributed by atoms with Crippen molar-refractivity contribution in [2.24, 2.45) is 0 Å². The second-order valence-electron chi connectivity index (χ2n) is 2.59. The van der Waals surface area contributed by atoms with Gasteiger partial charge in [-0.25, -0.2) is 0 Å². The zero-order valence-corrected chi connectivity index (χ0v) is 6.75. The summed E-state index contributed by atoms with van der Waals surface area (Å²) in [6.07, 6.45) is 4.03. The highest BCUT2D eigenvalue weighted by molar-refractivity contribution is 5.56. The van der Waals surface area contributed by atoms with Crippen LogP contribution in [0.25, 0.3) is 0 Å². The summed E-state index contributed by atoms with van der Waals surface area (Å²) in [7, 11) is 0. The normalized spacial score (nSPS) is 10.3. The van der Waals surface area contributed by atoms with E-state index in [2.05, 4.69) is 12.0 Å². The lowest BCUT2D eigenvalue weighted by atomic mass is 10.3. The summed E-state index contributed by atoms with van der Waals surface area (Å²) in [5, 5.41) is 4.02. The van der Waals surface area contributed by atoms with Crippen molar-refractivity contribution in [2.45, 2.75) is 26.3 Å². The van der Waals surface area contributed by atoms with Crippen molar-refractivity contribution in [2.75, 3.05) is 11.5 Å². The first-order chi connectivity index (χ1) is 5.24. The summed E-state index contributed by atoms with van der Waals surface area (Å²) in [5.74, 6) is 0.432. The fraction of sp³-hybridized carbons (Fsp3) is 0.571. The van der Waals surface area contributed by atoms with Crippen molar-refractivity contribution in [3.63, 3.8) is 0 Å². The van der Waals surface area contributed by atoms with Crippen LogP contribution in [0.3, 0.4) is 0 Å². The molecule has 11 heavy (non-hydrogen) atoms. The molecule has 0 atom stereocenters. The van der Waals surface area contributed by atoms with Crippen LogP contribution >= 0.6 is 0 Å². The molecule has 0 bridgehead atoms. The molecule has 1 aromatic heterocycles. The maximum Gasteiger partial charge on any atom is 0.168 e. The molecule has 4 heteroatoms. The van der Waals surface area contributed by atoms with Crippen LogP contribution in [-0.2, 0) is 6.54 Å². The first-order valence-electron chi connectivity index (χ1n) is 3.82. The second kappa shape index (κ2) is 3.27. The molecule has 0 saturated heterocycles. The lowest BCUT2D eigenvalue weighted by molar-refractivity contribution is 0.574. The first-order valence-corrected chi connectivity index (χ1v) is 3.82. The summed E-state index contributed by atoms with van der Waals surface area (Å²) in [5.41, 5.74) is 11.5. The first kappa shape index (κ1) is 7.91. The summed E-state index contributed by atoms with van der Waals surface area (Å²) in [6.45, 7) is 3.04. The van der Waals surface area contributed by atoms with E-state index < -0.39 is 0 Å². The molecule has 0 aliphatic rings. The Labute approximate surface area is 66.2 Å². The summed E-state index contributed by atoms with van der Waals surface area (Å²) in [6, 6.07) is 0. The molecule has 4 N–H and O–H groups in total. The predicted molar refractivity (Wildman–Crippen MR) is 46.0 cm³/mol. The lowest BCUT2D eigenvalue weighted by Crippen LogP contribution is -1.98. The Morgan fingerprint density at radius 2 is 2.27 bits per heavy atom. The van der Waals surface area contributed by atoms with Crippen molar-refractivity contribution >= 4 is 11.5 Å². The number of anilines is 2. The van der Waals surface area contributed by atoms with E-state index in [1.54, 1.807) is 10.9 Å². The fourth-order valence-electron chi connectivity index (χ4n) is 0.886. The standard InChI is InChI=1S/C7H14N4/c1-2-3-4-11-5-6(8)7(9)10-11/h5H,2-4,8H2,1H3,(H2,9,10). The minimum atomic E-state index is 0.432. The number of rotatable bonds is 3. The van der Waals surface area contributed by atoms with Gasteiger partial charge in [-0.05, 0) is 6.42 Å². The van der Waals surface area contributed by atoms with E-state index in [9.17, 15) is 0 Å². The number of nitrogens with zero attached hydrogens (tertiary/aromatic N) is 2. The Morgan fingerprint density at radius 3 is 2.73 bits per heavy atom. The topological polar surface area (TPSA) is 69.9 Å². The average molecular weight is 154 g/mol. The van der Waals surface area contributed by atoms with Crippen LogP contribution in [0.4, 0.5) is 11.5 Å². The van der Waals surface area contributed by atoms with Gasteiger partial charge in [0.05, 0.1) is 11.9 Å². The van der Waals surface area contributed by atoms with E-state index in [-0.39, 0.29) is 0 Å². The van der Waals surface area contributed by atoms with Crippen LogP contribution in [0.15, 0.2) is 6.20 Å². The van der Waals surface area contributed by atoms with Crippen molar-refractivity contribution in [1.29, 1.82) is 0 Å². The third kappa shape index (κ3) is 1.86. The van der Waals surface area contributed by atoms with Crippen molar-refractivity contribution in [3.8, 4) is 0 Å². The molecule has 0 aliphatic heterocycles. The van der Waals surface area contributed by atoms with Crippen molar-refractivity contribution in [3.05, 3.63) is 6.20 Å². The quantitative estimate of drug-likeness (QED) is 0.678. The molecule has 0 aromatic carbocycles. The molecule has 1 rings (SSSR count). The van der Waals surface area contributed by atoms with Gasteiger partial charge in [-0.3, -0.25) is 4.68 Å². The monoisotopic (exact) mass is 154 g/mol. The number of nitrogens with two attached hydrogens (primary N) is 2. The second-order valence-corrected chi connectivity index (χ2v) is 2.59. The van der Waals surface area contributed by atoms with Crippen LogP contribution in [0.1, 0.15) is 19.8 Å². The Hall–Kier alpha value is -1.19. The van der Waals surface area contributed by atoms with E-state index >= 15 is 0 Å². The van der Waals surface area contributed by atoms with Gasteiger partial charge in [-0.1, -0.05) is 13.3 Å². The highest BCUT2D eigenvalue weighted by atomic mass is 15.3. The Balaban J connectivity index is 2.58. The Morgan fingerprint density at radius 1 is 1.55 bits per heavy atom. The lowest BCUT2D eigenvalue weighted by Gasteiger charge is -1.96. The van der Waals surface area contributed by atoms with E-state index in [0.717, 1.165) is 19.4 Å². The highest BCUT2D eigenvalue weighted by Crippen LogP contribution is 2.10. The largest absolute Gasteiger partial charge is 0.394 e.